The summed E-state index contributed by atoms with van der Waals surface area (Å²) in [7, 11) is 1.58. The molecule has 0 aromatic carbocycles. The van der Waals surface area contributed by atoms with E-state index in [-0.39, 0.29) is 0 Å². The molecular formula is C8H17N2O3. The van der Waals surface area contributed by atoms with Crippen LogP contribution in [0.2, 0.25) is 0 Å². The lowest BCUT2D eigenvalue weighted by molar-refractivity contribution is 0.112. The minimum atomic E-state index is -0.454. The van der Waals surface area contributed by atoms with Gasteiger partial charge in [-0.15, -0.1) is 0 Å². The molecule has 0 aliphatic rings. The smallest absolute Gasteiger partial charge is 0.314 e. The maximum atomic E-state index is 10.8. The first-order chi connectivity index (χ1) is 6.22. The maximum absolute atomic E-state index is 10.8. The monoisotopic (exact) mass is 189 g/mol. The lowest BCUT2D eigenvalue weighted by Crippen LogP contribution is -2.40. The Bertz CT molecular complexity index is 141. The van der Waals surface area contributed by atoms with E-state index in [1.54, 1.807) is 7.11 Å². The van der Waals surface area contributed by atoms with Crippen molar-refractivity contribution in [3.8, 4) is 0 Å². The Morgan fingerprint density at radius 1 is 1.46 bits per heavy atom. The molecule has 0 heterocycles. The number of ether oxygens (including phenoxy) is 2. The van der Waals surface area contributed by atoms with Crippen molar-refractivity contribution in [3.05, 3.63) is 6.92 Å². The zero-order chi connectivity index (χ0) is 10.1. The summed E-state index contributed by atoms with van der Waals surface area (Å²) in [4.78, 5) is 12.3. The van der Waals surface area contributed by atoms with E-state index in [0.717, 1.165) is 0 Å². The maximum Gasteiger partial charge on any atom is 0.314 e. The molecule has 1 radical (unpaired) electrons. The molecule has 0 fully saturated rings. The standard InChI is InChI=1S/C8H17N2O3/c1-3-13-7-5-10(8(9)11)4-6-12-2/h1,3-7H2,2H3,(H2,9,11). The predicted octanol–water partition coefficient (Wildman–Crippen LogP) is -0.136. The average Bonchev–Trinajstić information content (AvgIpc) is 2.10. The Kier molecular flexibility index (Phi) is 7.33. The average molecular weight is 189 g/mol. The highest BCUT2D eigenvalue weighted by atomic mass is 16.5. The summed E-state index contributed by atoms with van der Waals surface area (Å²) in [5, 5.41) is 0. The third kappa shape index (κ3) is 6.36. The second-order valence-electron chi connectivity index (χ2n) is 2.43. The van der Waals surface area contributed by atoms with Crippen LogP contribution < -0.4 is 5.73 Å². The summed E-state index contributed by atoms with van der Waals surface area (Å²) in [6.45, 7) is 5.81. The van der Waals surface area contributed by atoms with Crippen LogP contribution in [0.1, 0.15) is 0 Å². The molecule has 77 valence electrons. The van der Waals surface area contributed by atoms with E-state index >= 15 is 0 Å². The summed E-state index contributed by atoms with van der Waals surface area (Å²) >= 11 is 0. The lowest BCUT2D eigenvalue weighted by atomic mass is 10.5. The number of hydrogen-bond donors (Lipinski definition) is 1. The van der Waals surface area contributed by atoms with Crippen molar-refractivity contribution < 1.29 is 14.3 Å². The highest BCUT2D eigenvalue weighted by Gasteiger charge is 2.07. The zero-order valence-corrected chi connectivity index (χ0v) is 7.99. The van der Waals surface area contributed by atoms with Gasteiger partial charge in [0.05, 0.1) is 13.2 Å². The SMILES string of the molecule is [CH2]COCCN(CCOC)C(N)=O. The molecule has 13 heavy (non-hydrogen) atoms. The van der Waals surface area contributed by atoms with Crippen LogP contribution >= 0.6 is 0 Å². The van der Waals surface area contributed by atoms with Gasteiger partial charge in [-0.1, -0.05) is 0 Å². The van der Waals surface area contributed by atoms with Gasteiger partial charge in [-0.2, -0.15) is 0 Å². The van der Waals surface area contributed by atoms with Crippen LogP contribution in [0.4, 0.5) is 4.79 Å². The molecule has 2 N–H and O–H groups in total. The van der Waals surface area contributed by atoms with E-state index in [1.807, 2.05) is 0 Å². The Morgan fingerprint density at radius 3 is 2.54 bits per heavy atom. The molecule has 0 rings (SSSR count). The highest BCUT2D eigenvalue weighted by Crippen LogP contribution is 1.88. The number of primary amides is 1. The van der Waals surface area contributed by atoms with Crippen molar-refractivity contribution in [1.29, 1.82) is 0 Å². The number of carbonyl (C=O) groups is 1. The molecule has 5 heteroatoms. The van der Waals surface area contributed by atoms with Crippen molar-refractivity contribution in [2.75, 3.05) is 40.0 Å². The number of urea groups is 1. The topological polar surface area (TPSA) is 64.8 Å². The van der Waals surface area contributed by atoms with Crippen LogP contribution in [-0.4, -0.2) is 51.0 Å². The Balaban J connectivity index is 3.61. The molecule has 2 amide bonds. The van der Waals surface area contributed by atoms with Gasteiger partial charge >= 0.3 is 6.03 Å². The Hall–Kier alpha value is -0.810. The number of carbonyl (C=O) groups excluding carboxylic acids is 1. The minimum absolute atomic E-state index is 0.400. The molecule has 0 aromatic heterocycles. The summed E-state index contributed by atoms with van der Waals surface area (Å²) in [6.07, 6.45) is 0. The van der Waals surface area contributed by atoms with Crippen molar-refractivity contribution >= 4 is 6.03 Å². The molecule has 0 unspecified atom stereocenters. The van der Waals surface area contributed by atoms with Crippen LogP contribution in [0.3, 0.4) is 0 Å². The van der Waals surface area contributed by atoms with E-state index in [1.165, 1.54) is 4.90 Å². The van der Waals surface area contributed by atoms with Gasteiger partial charge in [0, 0.05) is 26.8 Å². The number of nitrogens with zero attached hydrogens (tertiary/aromatic N) is 1. The molecule has 5 nitrogen and oxygen atoms in total. The zero-order valence-electron chi connectivity index (χ0n) is 7.99. The Labute approximate surface area is 78.8 Å². The third-order valence-corrected chi connectivity index (χ3v) is 1.53. The minimum Gasteiger partial charge on any atom is -0.383 e. The van der Waals surface area contributed by atoms with Gasteiger partial charge in [0.2, 0.25) is 0 Å². The lowest BCUT2D eigenvalue weighted by Gasteiger charge is -2.19. The van der Waals surface area contributed by atoms with Gasteiger partial charge in [0.25, 0.3) is 0 Å². The van der Waals surface area contributed by atoms with E-state index in [9.17, 15) is 4.79 Å². The van der Waals surface area contributed by atoms with E-state index < -0.39 is 6.03 Å². The molecule has 0 saturated heterocycles. The second kappa shape index (κ2) is 7.82. The Morgan fingerprint density at radius 2 is 2.08 bits per heavy atom. The second-order valence-corrected chi connectivity index (χ2v) is 2.43. The van der Waals surface area contributed by atoms with Gasteiger partial charge in [0.15, 0.2) is 0 Å². The van der Waals surface area contributed by atoms with Crippen LogP contribution in [0, 0.1) is 6.92 Å². The summed E-state index contributed by atoms with van der Waals surface area (Å²) in [6, 6.07) is -0.454. The van der Waals surface area contributed by atoms with Crippen LogP contribution in [0.25, 0.3) is 0 Å². The molecule has 0 aliphatic carbocycles. The third-order valence-electron chi connectivity index (χ3n) is 1.53. The van der Waals surface area contributed by atoms with Gasteiger partial charge in [-0.3, -0.25) is 0 Å². The molecule has 0 bridgehead atoms. The fourth-order valence-corrected chi connectivity index (χ4v) is 0.810. The quantitative estimate of drug-likeness (QED) is 0.567. The molecule has 0 atom stereocenters. The molecular weight excluding hydrogens is 172 g/mol. The van der Waals surface area contributed by atoms with Crippen molar-refractivity contribution in [1.82, 2.24) is 4.90 Å². The fourth-order valence-electron chi connectivity index (χ4n) is 0.810. The first kappa shape index (κ1) is 12.2. The van der Waals surface area contributed by atoms with Crippen molar-refractivity contribution in [2.45, 2.75) is 0 Å². The first-order valence-corrected chi connectivity index (χ1v) is 4.12. The van der Waals surface area contributed by atoms with E-state index in [0.29, 0.717) is 32.9 Å². The van der Waals surface area contributed by atoms with Gasteiger partial charge in [0.1, 0.15) is 0 Å². The first-order valence-electron chi connectivity index (χ1n) is 4.12. The predicted molar refractivity (Wildman–Crippen MR) is 49.2 cm³/mol. The van der Waals surface area contributed by atoms with Crippen LogP contribution in [0.5, 0.6) is 0 Å². The van der Waals surface area contributed by atoms with Crippen LogP contribution in [0.15, 0.2) is 0 Å². The van der Waals surface area contributed by atoms with Gasteiger partial charge in [-0.25, -0.2) is 4.79 Å². The van der Waals surface area contributed by atoms with E-state index in [2.05, 4.69) is 6.92 Å². The number of rotatable bonds is 7. The van der Waals surface area contributed by atoms with Crippen LogP contribution in [-0.2, 0) is 9.47 Å². The van der Waals surface area contributed by atoms with Crippen molar-refractivity contribution in [3.63, 3.8) is 0 Å². The highest BCUT2D eigenvalue weighted by molar-refractivity contribution is 5.71. The molecule has 0 spiro atoms. The molecule has 0 aromatic rings. The summed E-state index contributed by atoms with van der Waals surface area (Å²) < 4.78 is 9.82. The fraction of sp³-hybridized carbons (Fsp3) is 0.750. The molecule has 0 saturated carbocycles. The number of nitrogens with two attached hydrogens (primary N) is 1. The number of methoxy groups -OCH3 is 1. The number of hydrogen-bond acceptors (Lipinski definition) is 3. The number of amides is 2. The normalized spacial score (nSPS) is 10.0. The molecule has 0 aliphatic heterocycles. The largest absolute Gasteiger partial charge is 0.383 e. The summed E-state index contributed by atoms with van der Waals surface area (Å²) in [5.74, 6) is 0. The van der Waals surface area contributed by atoms with E-state index in [4.69, 9.17) is 15.2 Å². The van der Waals surface area contributed by atoms with Gasteiger partial charge < -0.3 is 20.1 Å². The summed E-state index contributed by atoms with van der Waals surface area (Å²) in [5.41, 5.74) is 5.12. The van der Waals surface area contributed by atoms with Gasteiger partial charge in [-0.05, 0) is 6.92 Å². The van der Waals surface area contributed by atoms with Crippen molar-refractivity contribution in [2.24, 2.45) is 5.73 Å².